The monoisotopic (exact) mass is 175 g/mol. The van der Waals surface area contributed by atoms with Crippen LogP contribution in [-0.2, 0) is 4.79 Å². The topological polar surface area (TPSA) is 83.5 Å². The molecule has 0 radical (unpaired) electrons. The first kappa shape index (κ1) is 11.4. The molecule has 4 nitrogen and oxygen atoms in total. The van der Waals surface area contributed by atoms with Crippen LogP contribution in [0.5, 0.6) is 0 Å². The Balaban J connectivity index is 3.99. The van der Waals surface area contributed by atoms with Crippen LogP contribution in [0.15, 0.2) is 0 Å². The van der Waals surface area contributed by atoms with Crippen molar-refractivity contribution < 1.29 is 15.0 Å². The van der Waals surface area contributed by atoms with Crippen molar-refractivity contribution in [3.05, 3.63) is 0 Å². The lowest BCUT2D eigenvalue weighted by molar-refractivity contribution is -0.145. The summed E-state index contributed by atoms with van der Waals surface area (Å²) in [5, 5.41) is 17.9. The Hall–Kier alpha value is -0.610. The third kappa shape index (κ3) is 3.19. The maximum absolute atomic E-state index is 10.4. The standard InChI is InChI=1S/C8H17NO3/c1-3-4-6(9)7(10)5(2)8(11)12/h5-7,10H,3-4,9H2,1-2H3,(H,11,12)/t5?,6-,7-/m0/s1. The van der Waals surface area contributed by atoms with E-state index in [2.05, 4.69) is 0 Å². The number of carboxylic acids is 1. The van der Waals surface area contributed by atoms with Gasteiger partial charge in [0, 0.05) is 6.04 Å². The molecule has 0 aliphatic heterocycles. The van der Waals surface area contributed by atoms with E-state index in [4.69, 9.17) is 10.8 Å². The highest BCUT2D eigenvalue weighted by Crippen LogP contribution is 2.09. The van der Waals surface area contributed by atoms with Crippen LogP contribution in [-0.4, -0.2) is 28.3 Å². The lowest BCUT2D eigenvalue weighted by atomic mass is 9.96. The summed E-state index contributed by atoms with van der Waals surface area (Å²) >= 11 is 0. The molecule has 1 unspecified atom stereocenters. The van der Waals surface area contributed by atoms with Crippen LogP contribution >= 0.6 is 0 Å². The zero-order valence-corrected chi connectivity index (χ0v) is 7.53. The molecule has 0 aromatic carbocycles. The van der Waals surface area contributed by atoms with Crippen molar-refractivity contribution >= 4 is 5.97 Å². The summed E-state index contributed by atoms with van der Waals surface area (Å²) in [5.74, 6) is -1.79. The summed E-state index contributed by atoms with van der Waals surface area (Å²) in [4.78, 5) is 10.4. The van der Waals surface area contributed by atoms with Gasteiger partial charge in [0.1, 0.15) is 0 Å². The van der Waals surface area contributed by atoms with Gasteiger partial charge in [-0.3, -0.25) is 4.79 Å². The van der Waals surface area contributed by atoms with Crippen molar-refractivity contribution in [1.29, 1.82) is 0 Å². The highest BCUT2D eigenvalue weighted by molar-refractivity contribution is 5.70. The molecule has 0 rings (SSSR count). The number of nitrogens with two attached hydrogens (primary N) is 1. The summed E-state index contributed by atoms with van der Waals surface area (Å²) in [5.41, 5.74) is 5.55. The molecule has 0 bridgehead atoms. The van der Waals surface area contributed by atoms with Gasteiger partial charge in [-0.05, 0) is 13.3 Å². The van der Waals surface area contributed by atoms with Crippen molar-refractivity contribution in [2.75, 3.05) is 0 Å². The number of aliphatic hydroxyl groups excluding tert-OH is 1. The fraction of sp³-hybridized carbons (Fsp3) is 0.875. The maximum Gasteiger partial charge on any atom is 0.308 e. The van der Waals surface area contributed by atoms with E-state index in [0.29, 0.717) is 6.42 Å². The molecular formula is C8H17NO3. The summed E-state index contributed by atoms with van der Waals surface area (Å²) in [7, 11) is 0. The van der Waals surface area contributed by atoms with Crippen LogP contribution in [0, 0.1) is 5.92 Å². The Morgan fingerprint density at radius 2 is 2.08 bits per heavy atom. The zero-order valence-electron chi connectivity index (χ0n) is 7.53. The van der Waals surface area contributed by atoms with Gasteiger partial charge in [0.15, 0.2) is 0 Å². The number of aliphatic hydroxyl groups is 1. The van der Waals surface area contributed by atoms with Crippen molar-refractivity contribution in [3.63, 3.8) is 0 Å². The third-order valence-corrected chi connectivity index (χ3v) is 1.96. The second-order valence-corrected chi connectivity index (χ2v) is 3.07. The van der Waals surface area contributed by atoms with Crippen LogP contribution in [0.2, 0.25) is 0 Å². The molecule has 4 N–H and O–H groups in total. The average molecular weight is 175 g/mol. The van der Waals surface area contributed by atoms with Crippen molar-refractivity contribution in [1.82, 2.24) is 0 Å². The molecule has 0 aliphatic carbocycles. The predicted octanol–water partition coefficient (Wildman–Crippen LogP) is 0.195. The number of rotatable bonds is 5. The smallest absolute Gasteiger partial charge is 0.308 e. The minimum absolute atomic E-state index is 0.430. The Morgan fingerprint density at radius 1 is 1.58 bits per heavy atom. The van der Waals surface area contributed by atoms with Crippen molar-refractivity contribution in [3.8, 4) is 0 Å². The minimum atomic E-state index is -1.01. The average Bonchev–Trinajstić information content (AvgIpc) is 2.02. The minimum Gasteiger partial charge on any atom is -0.481 e. The van der Waals surface area contributed by atoms with Gasteiger partial charge in [0.05, 0.1) is 12.0 Å². The lowest BCUT2D eigenvalue weighted by Crippen LogP contribution is -2.41. The quantitative estimate of drug-likeness (QED) is 0.557. The number of aliphatic carboxylic acids is 1. The van der Waals surface area contributed by atoms with Crippen molar-refractivity contribution in [2.45, 2.75) is 38.8 Å². The molecule has 0 saturated carbocycles. The van der Waals surface area contributed by atoms with Crippen LogP contribution in [0.1, 0.15) is 26.7 Å². The molecule has 0 amide bonds. The van der Waals surface area contributed by atoms with Gasteiger partial charge in [-0.15, -0.1) is 0 Å². The number of carbonyl (C=O) groups is 1. The Bertz CT molecular complexity index is 149. The fourth-order valence-electron chi connectivity index (χ4n) is 1.02. The Morgan fingerprint density at radius 3 is 2.42 bits per heavy atom. The summed E-state index contributed by atoms with van der Waals surface area (Å²) < 4.78 is 0. The first-order chi connectivity index (χ1) is 5.50. The van der Waals surface area contributed by atoms with Gasteiger partial charge in [-0.25, -0.2) is 0 Å². The maximum atomic E-state index is 10.4. The SMILES string of the molecule is CCC[C@H](N)[C@@H](O)C(C)C(=O)O. The summed E-state index contributed by atoms with van der Waals surface area (Å²) in [6.07, 6.45) is 0.561. The molecule has 3 atom stereocenters. The first-order valence-electron chi connectivity index (χ1n) is 4.17. The molecule has 0 saturated heterocycles. The first-order valence-corrected chi connectivity index (χ1v) is 4.17. The second-order valence-electron chi connectivity index (χ2n) is 3.07. The molecule has 0 spiro atoms. The third-order valence-electron chi connectivity index (χ3n) is 1.96. The van der Waals surface area contributed by atoms with Crippen LogP contribution < -0.4 is 5.73 Å². The summed E-state index contributed by atoms with van der Waals surface area (Å²) in [6, 6.07) is -0.430. The zero-order chi connectivity index (χ0) is 9.72. The molecule has 72 valence electrons. The van der Waals surface area contributed by atoms with E-state index in [1.165, 1.54) is 6.92 Å². The van der Waals surface area contributed by atoms with E-state index in [9.17, 15) is 9.90 Å². The van der Waals surface area contributed by atoms with E-state index in [0.717, 1.165) is 6.42 Å². The largest absolute Gasteiger partial charge is 0.481 e. The van der Waals surface area contributed by atoms with E-state index in [-0.39, 0.29) is 0 Å². The van der Waals surface area contributed by atoms with E-state index in [1.54, 1.807) is 0 Å². The number of hydrogen-bond donors (Lipinski definition) is 3. The molecule has 0 aromatic heterocycles. The van der Waals surface area contributed by atoms with Gasteiger partial charge in [0.2, 0.25) is 0 Å². The molecule has 0 aromatic rings. The van der Waals surface area contributed by atoms with Gasteiger partial charge >= 0.3 is 5.97 Å². The Kier molecular flexibility index (Phi) is 4.85. The molecular weight excluding hydrogens is 158 g/mol. The lowest BCUT2D eigenvalue weighted by Gasteiger charge is -2.21. The number of carboxylic acid groups (broad SMARTS) is 1. The molecule has 4 heteroatoms. The van der Waals surface area contributed by atoms with Crippen molar-refractivity contribution in [2.24, 2.45) is 11.7 Å². The van der Waals surface area contributed by atoms with Crippen LogP contribution in [0.4, 0.5) is 0 Å². The predicted molar refractivity (Wildman–Crippen MR) is 45.7 cm³/mol. The molecule has 0 fully saturated rings. The molecule has 12 heavy (non-hydrogen) atoms. The van der Waals surface area contributed by atoms with Gasteiger partial charge in [-0.1, -0.05) is 13.3 Å². The number of hydrogen-bond acceptors (Lipinski definition) is 3. The van der Waals surface area contributed by atoms with Crippen LogP contribution in [0.3, 0.4) is 0 Å². The Labute approximate surface area is 72.4 Å². The summed E-state index contributed by atoms with van der Waals surface area (Å²) in [6.45, 7) is 3.40. The van der Waals surface area contributed by atoms with E-state index in [1.807, 2.05) is 6.92 Å². The van der Waals surface area contributed by atoms with Crippen LogP contribution in [0.25, 0.3) is 0 Å². The van der Waals surface area contributed by atoms with E-state index < -0.39 is 24.0 Å². The highest BCUT2D eigenvalue weighted by Gasteiger charge is 2.26. The second kappa shape index (κ2) is 5.11. The van der Waals surface area contributed by atoms with Gasteiger partial charge in [0.25, 0.3) is 0 Å². The highest BCUT2D eigenvalue weighted by atomic mass is 16.4. The molecule has 0 aliphatic rings. The van der Waals surface area contributed by atoms with E-state index >= 15 is 0 Å². The molecule has 0 heterocycles. The fourth-order valence-corrected chi connectivity index (χ4v) is 1.02. The van der Waals surface area contributed by atoms with Gasteiger partial charge in [-0.2, -0.15) is 0 Å². The van der Waals surface area contributed by atoms with Gasteiger partial charge < -0.3 is 15.9 Å². The normalized spacial score (nSPS) is 18.3.